The van der Waals surface area contributed by atoms with Gasteiger partial charge in [-0.15, -0.1) is 12.4 Å². The number of nitrogens with zero attached hydrogens (tertiary/aromatic N) is 2. The number of carbonyl (C=O) groups is 1. The highest BCUT2D eigenvalue weighted by Crippen LogP contribution is 2.12. The molecule has 0 radical (unpaired) electrons. The molecule has 1 aromatic carbocycles. The van der Waals surface area contributed by atoms with E-state index < -0.39 is 5.69 Å². The van der Waals surface area contributed by atoms with Gasteiger partial charge < -0.3 is 15.6 Å². The number of halogens is 1. The Morgan fingerprint density at radius 3 is 2.54 bits per heavy atom. The highest BCUT2D eigenvalue weighted by Gasteiger charge is 2.16. The maximum Gasteiger partial charge on any atom is 0.328 e. The smallest absolute Gasteiger partial charge is 0.328 e. The Kier molecular flexibility index (Phi) is 7.59. The normalized spacial score (nSPS) is 12.1. The van der Waals surface area contributed by atoms with Crippen molar-refractivity contribution in [1.82, 2.24) is 14.5 Å². The number of hydrogen-bond acceptors (Lipinski definition) is 4. The molecule has 0 saturated heterocycles. The van der Waals surface area contributed by atoms with Crippen LogP contribution in [-0.4, -0.2) is 40.0 Å². The fourth-order valence-electron chi connectivity index (χ4n) is 2.67. The molecule has 2 rings (SSSR count). The van der Waals surface area contributed by atoms with Gasteiger partial charge in [-0.05, 0) is 37.5 Å². The average molecular weight is 383 g/mol. The Hall–Kier alpha value is -2.12. The van der Waals surface area contributed by atoms with E-state index in [0.29, 0.717) is 41.9 Å². The molecule has 0 saturated carbocycles. The molecule has 0 aliphatic carbocycles. The van der Waals surface area contributed by atoms with Crippen LogP contribution >= 0.6 is 12.4 Å². The van der Waals surface area contributed by atoms with Gasteiger partial charge in [-0.1, -0.05) is 13.8 Å². The summed E-state index contributed by atoms with van der Waals surface area (Å²) < 4.78 is 1.13. The van der Waals surface area contributed by atoms with Crippen LogP contribution in [0.15, 0.2) is 27.8 Å². The van der Waals surface area contributed by atoms with Crippen molar-refractivity contribution in [2.45, 2.75) is 39.8 Å². The number of H-pyrrole nitrogens is 1. The third-order valence-electron chi connectivity index (χ3n) is 4.55. The number of fused-ring (bicyclic) bond motifs is 1. The van der Waals surface area contributed by atoms with Crippen molar-refractivity contribution < 1.29 is 4.79 Å². The van der Waals surface area contributed by atoms with Crippen LogP contribution < -0.4 is 17.0 Å². The van der Waals surface area contributed by atoms with Crippen LogP contribution in [0.4, 0.5) is 0 Å². The van der Waals surface area contributed by atoms with Gasteiger partial charge >= 0.3 is 5.69 Å². The molecule has 8 heteroatoms. The van der Waals surface area contributed by atoms with E-state index in [2.05, 4.69) is 18.8 Å². The summed E-state index contributed by atoms with van der Waals surface area (Å²) in [6.45, 7) is 6.68. The van der Waals surface area contributed by atoms with E-state index in [1.807, 2.05) is 0 Å². The summed E-state index contributed by atoms with van der Waals surface area (Å²) >= 11 is 0. The molecule has 0 spiro atoms. The summed E-state index contributed by atoms with van der Waals surface area (Å²) in [6, 6.07) is 4.79. The third-order valence-corrected chi connectivity index (χ3v) is 4.55. The lowest BCUT2D eigenvalue weighted by Crippen LogP contribution is -2.35. The van der Waals surface area contributed by atoms with Crippen LogP contribution in [-0.2, 0) is 6.54 Å². The number of aromatic amines is 1. The van der Waals surface area contributed by atoms with Crippen molar-refractivity contribution in [1.29, 1.82) is 0 Å². The SMILES string of the molecule is CCn1c(=O)[nH]c2cc(C(=O)N(C)CCC(N)C(C)C)ccc2c1=O.Cl. The fourth-order valence-corrected chi connectivity index (χ4v) is 2.67. The lowest BCUT2D eigenvalue weighted by molar-refractivity contribution is 0.0789. The minimum absolute atomic E-state index is 0. The van der Waals surface area contributed by atoms with Gasteiger partial charge in [-0.2, -0.15) is 0 Å². The highest BCUT2D eigenvalue weighted by molar-refractivity contribution is 5.97. The largest absolute Gasteiger partial charge is 0.342 e. The van der Waals surface area contributed by atoms with Gasteiger partial charge in [0.2, 0.25) is 0 Å². The minimum Gasteiger partial charge on any atom is -0.342 e. The first-order valence-electron chi connectivity index (χ1n) is 8.54. The molecule has 0 fully saturated rings. The van der Waals surface area contributed by atoms with Crippen LogP contribution in [0.1, 0.15) is 37.6 Å². The number of aromatic nitrogens is 2. The van der Waals surface area contributed by atoms with Crippen LogP contribution in [0.25, 0.3) is 10.9 Å². The van der Waals surface area contributed by atoms with Crippen molar-refractivity contribution in [3.05, 3.63) is 44.6 Å². The summed E-state index contributed by atoms with van der Waals surface area (Å²) in [5, 5.41) is 0.391. The van der Waals surface area contributed by atoms with E-state index >= 15 is 0 Å². The van der Waals surface area contributed by atoms with Gasteiger partial charge in [0.25, 0.3) is 11.5 Å². The van der Waals surface area contributed by atoms with Gasteiger partial charge in [0.05, 0.1) is 10.9 Å². The van der Waals surface area contributed by atoms with Gasteiger partial charge in [-0.3, -0.25) is 14.2 Å². The molecule has 144 valence electrons. The minimum atomic E-state index is -0.471. The number of nitrogens with one attached hydrogen (secondary N) is 1. The molecule has 2 aromatic rings. The van der Waals surface area contributed by atoms with Gasteiger partial charge in [0.15, 0.2) is 0 Å². The van der Waals surface area contributed by atoms with Crippen LogP contribution in [0, 0.1) is 5.92 Å². The Morgan fingerprint density at radius 2 is 1.96 bits per heavy atom. The Balaban J connectivity index is 0.00000338. The van der Waals surface area contributed by atoms with Crippen molar-refractivity contribution in [2.75, 3.05) is 13.6 Å². The number of amides is 1. The zero-order chi connectivity index (χ0) is 18.7. The van der Waals surface area contributed by atoms with E-state index in [0.717, 1.165) is 4.57 Å². The van der Waals surface area contributed by atoms with E-state index in [-0.39, 0.29) is 29.9 Å². The van der Waals surface area contributed by atoms with Crippen molar-refractivity contribution >= 4 is 29.2 Å². The molecule has 1 amide bonds. The molecular formula is C18H27ClN4O3. The number of rotatable bonds is 6. The number of hydrogen-bond donors (Lipinski definition) is 2. The second-order valence-electron chi connectivity index (χ2n) is 6.66. The van der Waals surface area contributed by atoms with E-state index in [4.69, 9.17) is 5.73 Å². The van der Waals surface area contributed by atoms with Crippen LogP contribution in [0.5, 0.6) is 0 Å². The van der Waals surface area contributed by atoms with Gasteiger partial charge in [0.1, 0.15) is 0 Å². The number of carbonyl (C=O) groups excluding carboxylic acids is 1. The van der Waals surface area contributed by atoms with E-state index in [9.17, 15) is 14.4 Å². The second kappa shape index (κ2) is 9.00. The first-order valence-corrected chi connectivity index (χ1v) is 8.54. The molecule has 1 aromatic heterocycles. The number of nitrogens with two attached hydrogens (primary N) is 1. The maximum atomic E-state index is 12.6. The van der Waals surface area contributed by atoms with Crippen molar-refractivity contribution in [3.63, 3.8) is 0 Å². The zero-order valence-electron chi connectivity index (χ0n) is 15.6. The summed E-state index contributed by atoms with van der Waals surface area (Å²) in [5.74, 6) is 0.188. The topological polar surface area (TPSA) is 101 Å². The molecule has 0 bridgehead atoms. The lowest BCUT2D eigenvalue weighted by atomic mass is 10.0. The molecule has 0 aliphatic rings. The highest BCUT2D eigenvalue weighted by atomic mass is 35.5. The predicted molar refractivity (Wildman–Crippen MR) is 106 cm³/mol. The van der Waals surface area contributed by atoms with Crippen molar-refractivity contribution in [2.24, 2.45) is 11.7 Å². The third kappa shape index (κ3) is 4.53. The summed E-state index contributed by atoms with van der Waals surface area (Å²) in [7, 11) is 1.72. The van der Waals surface area contributed by atoms with E-state index in [1.165, 1.54) is 0 Å². The van der Waals surface area contributed by atoms with Gasteiger partial charge in [0, 0.05) is 31.7 Å². The first-order chi connectivity index (χ1) is 11.8. The molecule has 0 aliphatic heterocycles. The standard InChI is InChI=1S/C18H26N4O3.ClH/c1-5-22-17(24)13-7-6-12(10-15(13)20-18(22)25)16(23)21(4)9-8-14(19)11(2)3;/h6-7,10-11,14H,5,8-9,19H2,1-4H3,(H,20,25);1H. The first kappa shape index (κ1) is 21.9. The summed E-state index contributed by atoms with van der Waals surface area (Å²) in [4.78, 5) is 41.1. The molecule has 7 nitrogen and oxygen atoms in total. The zero-order valence-corrected chi connectivity index (χ0v) is 16.4. The van der Waals surface area contributed by atoms with E-state index in [1.54, 1.807) is 37.1 Å². The molecular weight excluding hydrogens is 356 g/mol. The monoisotopic (exact) mass is 382 g/mol. The van der Waals surface area contributed by atoms with Gasteiger partial charge in [-0.25, -0.2) is 4.79 Å². The Morgan fingerprint density at radius 1 is 1.31 bits per heavy atom. The quantitative estimate of drug-likeness (QED) is 0.791. The summed E-state index contributed by atoms with van der Waals surface area (Å²) in [5.41, 5.74) is 6.00. The summed E-state index contributed by atoms with van der Waals surface area (Å²) in [6.07, 6.45) is 0.714. The maximum absolute atomic E-state index is 12.6. The molecule has 1 heterocycles. The fraction of sp³-hybridized carbons (Fsp3) is 0.500. The average Bonchev–Trinajstić information content (AvgIpc) is 2.58. The molecule has 26 heavy (non-hydrogen) atoms. The van der Waals surface area contributed by atoms with Crippen LogP contribution in [0.3, 0.4) is 0 Å². The molecule has 1 unspecified atom stereocenters. The van der Waals surface area contributed by atoms with Crippen LogP contribution in [0.2, 0.25) is 0 Å². The van der Waals surface area contributed by atoms with Crippen molar-refractivity contribution in [3.8, 4) is 0 Å². The second-order valence-corrected chi connectivity index (χ2v) is 6.66. The molecule has 1 atom stereocenters. The Labute approximate surface area is 158 Å². The molecule has 3 N–H and O–H groups in total. The number of benzene rings is 1. The lowest BCUT2D eigenvalue weighted by Gasteiger charge is -2.21. The predicted octanol–water partition coefficient (Wildman–Crippen LogP) is 1.58. The Bertz CT molecular complexity index is 888.